The number of nitrogens with zero attached hydrogens (tertiary/aromatic N) is 2. The van der Waals surface area contributed by atoms with E-state index < -0.39 is 35.2 Å². The molecule has 2 atom stereocenters. The van der Waals surface area contributed by atoms with E-state index >= 15 is 0 Å². The molecule has 2 N–H and O–H groups in total. The van der Waals surface area contributed by atoms with Crippen LogP contribution in [0, 0.1) is 0 Å². The summed E-state index contributed by atoms with van der Waals surface area (Å²) in [7, 11) is 0. The number of β-lactam (4-membered cyclic amide) rings is 1. The smallest absolute Gasteiger partial charge is 0.352 e. The highest BCUT2D eigenvalue weighted by Crippen LogP contribution is 2.40. The van der Waals surface area contributed by atoms with Crippen LogP contribution in [0.25, 0.3) is 0 Å². The number of hydrogen-bond donors (Lipinski definition) is 2. The first-order chi connectivity index (χ1) is 14.3. The van der Waals surface area contributed by atoms with Crippen LogP contribution in [0.1, 0.15) is 18.7 Å². The number of nitrogens with one attached hydrogen (secondary N) is 1. The Balaban J connectivity index is 1.76. The molecule has 2 aliphatic heterocycles. The van der Waals surface area contributed by atoms with E-state index in [1.54, 1.807) is 24.4 Å². The van der Waals surface area contributed by atoms with Gasteiger partial charge in [0, 0.05) is 18.2 Å². The number of ether oxygens (including phenoxy) is 1. The molecular weight excluding hydrogens is 434 g/mol. The lowest BCUT2D eigenvalue weighted by Gasteiger charge is -2.49. The van der Waals surface area contributed by atoms with Crippen LogP contribution in [0.5, 0.6) is 0 Å². The molecule has 0 bridgehead atoms. The van der Waals surface area contributed by atoms with Gasteiger partial charge in [-0.2, -0.15) is 0 Å². The third-order valence-corrected chi connectivity index (χ3v) is 6.46. The van der Waals surface area contributed by atoms with Gasteiger partial charge in [0.05, 0.1) is 4.88 Å². The maximum Gasteiger partial charge on any atom is 0.352 e. The highest BCUT2D eigenvalue weighted by molar-refractivity contribution is 8.00. The Morgan fingerprint density at radius 1 is 1.40 bits per heavy atom. The molecule has 160 valence electrons. The van der Waals surface area contributed by atoms with E-state index in [1.807, 2.05) is 0 Å². The number of thioether (sulfide) groups is 1. The molecule has 30 heavy (non-hydrogen) atoms. The molecule has 1 aromatic heterocycles. The summed E-state index contributed by atoms with van der Waals surface area (Å²) < 4.78 is 4.90. The van der Waals surface area contributed by atoms with Gasteiger partial charge in [-0.05, 0) is 18.4 Å². The number of aliphatic carboxylic acids is 1. The normalized spacial score (nSPS) is 20.9. The Labute approximate surface area is 179 Å². The lowest BCUT2D eigenvalue weighted by atomic mass is 10.0. The summed E-state index contributed by atoms with van der Waals surface area (Å²) in [6.45, 7) is 3.01. The SMILES string of the molecule is CCON=C(C(=O)N[C@@H]1C(=O)N2C(C(=O)O)=C(COC(C)=O)CS[C@H]12)c1cccs1. The number of amides is 2. The molecule has 0 aromatic carbocycles. The van der Waals surface area contributed by atoms with E-state index in [9.17, 15) is 24.3 Å². The van der Waals surface area contributed by atoms with Crippen molar-refractivity contribution in [3.05, 3.63) is 33.7 Å². The van der Waals surface area contributed by atoms with Gasteiger partial charge in [0.15, 0.2) is 5.71 Å². The predicted octanol–water partition coefficient (Wildman–Crippen LogP) is 0.790. The average molecular weight is 453 g/mol. The second kappa shape index (κ2) is 9.30. The zero-order valence-electron chi connectivity index (χ0n) is 16.1. The molecule has 1 aromatic rings. The minimum absolute atomic E-state index is 0.0449. The standard InChI is InChI=1S/C18H19N3O7S2/c1-3-28-20-12(11-5-4-6-29-11)15(23)19-13-16(24)21-14(18(25)26)10(7-27-9(2)22)8-30-17(13)21/h4-6,13,17H,3,7-8H2,1-2H3,(H,19,23)(H,25,26)/t13-,17-/m1/s1. The van der Waals surface area contributed by atoms with Crippen molar-refractivity contribution in [1.82, 2.24) is 10.2 Å². The van der Waals surface area contributed by atoms with Gasteiger partial charge in [0.2, 0.25) is 0 Å². The number of carboxylic acids is 1. The average Bonchev–Trinajstić information content (AvgIpc) is 3.24. The number of hydrogen-bond acceptors (Lipinski definition) is 9. The Morgan fingerprint density at radius 2 is 2.17 bits per heavy atom. The lowest BCUT2D eigenvalue weighted by Crippen LogP contribution is -2.71. The first-order valence-electron chi connectivity index (χ1n) is 8.93. The number of carbonyl (C=O) groups excluding carboxylic acids is 3. The van der Waals surface area contributed by atoms with Crippen LogP contribution < -0.4 is 5.32 Å². The minimum atomic E-state index is -1.29. The van der Waals surface area contributed by atoms with E-state index in [1.165, 1.54) is 30.0 Å². The largest absolute Gasteiger partial charge is 0.477 e. The molecule has 0 radical (unpaired) electrons. The van der Waals surface area contributed by atoms with Crippen LogP contribution in [0.3, 0.4) is 0 Å². The van der Waals surface area contributed by atoms with Crippen molar-refractivity contribution in [2.75, 3.05) is 19.0 Å². The molecule has 10 nitrogen and oxygen atoms in total. The van der Waals surface area contributed by atoms with Gasteiger partial charge in [-0.25, -0.2) is 4.79 Å². The molecule has 12 heteroatoms. The molecular formula is C18H19N3O7S2. The van der Waals surface area contributed by atoms with Crippen molar-refractivity contribution in [2.24, 2.45) is 5.16 Å². The Hall–Kier alpha value is -2.86. The molecule has 0 spiro atoms. The zero-order valence-corrected chi connectivity index (χ0v) is 17.7. The quantitative estimate of drug-likeness (QED) is 0.255. The number of esters is 1. The lowest BCUT2D eigenvalue weighted by molar-refractivity contribution is -0.150. The molecule has 0 saturated carbocycles. The maximum absolute atomic E-state index is 12.7. The van der Waals surface area contributed by atoms with Gasteiger partial charge in [-0.3, -0.25) is 19.3 Å². The Kier molecular flexibility index (Phi) is 6.77. The van der Waals surface area contributed by atoms with E-state index in [2.05, 4.69) is 10.5 Å². The van der Waals surface area contributed by atoms with Crippen molar-refractivity contribution in [3.8, 4) is 0 Å². The Bertz CT molecular complexity index is 926. The summed E-state index contributed by atoms with van der Waals surface area (Å²) in [4.78, 5) is 54.9. The number of oxime groups is 1. The van der Waals surface area contributed by atoms with Crippen LogP contribution in [0.4, 0.5) is 0 Å². The van der Waals surface area contributed by atoms with Gasteiger partial charge in [-0.1, -0.05) is 11.2 Å². The van der Waals surface area contributed by atoms with E-state index in [0.717, 1.165) is 4.90 Å². The fourth-order valence-electron chi connectivity index (χ4n) is 2.93. The fraction of sp³-hybridized carbons (Fsp3) is 0.389. The first kappa shape index (κ1) is 21.8. The van der Waals surface area contributed by atoms with Crippen LogP contribution in [-0.2, 0) is 28.8 Å². The van der Waals surface area contributed by atoms with E-state index in [0.29, 0.717) is 10.5 Å². The maximum atomic E-state index is 12.7. The minimum Gasteiger partial charge on any atom is -0.477 e. The van der Waals surface area contributed by atoms with Crippen LogP contribution >= 0.6 is 23.1 Å². The summed E-state index contributed by atoms with van der Waals surface area (Å²) in [5.74, 6) is -2.73. The van der Waals surface area contributed by atoms with Crippen LogP contribution in [0.15, 0.2) is 33.9 Å². The summed E-state index contributed by atoms with van der Waals surface area (Å²) in [6, 6.07) is 2.56. The van der Waals surface area contributed by atoms with Crippen LogP contribution in [-0.4, -0.2) is 69.9 Å². The Morgan fingerprint density at radius 3 is 2.77 bits per heavy atom. The highest BCUT2D eigenvalue weighted by atomic mass is 32.2. The van der Waals surface area contributed by atoms with Crippen molar-refractivity contribution in [3.63, 3.8) is 0 Å². The van der Waals surface area contributed by atoms with Crippen molar-refractivity contribution < 1.29 is 33.9 Å². The second-order valence-electron chi connectivity index (χ2n) is 6.23. The number of fused-ring (bicyclic) bond motifs is 1. The van der Waals surface area contributed by atoms with Gasteiger partial charge < -0.3 is 20.0 Å². The van der Waals surface area contributed by atoms with Gasteiger partial charge in [0.1, 0.15) is 30.3 Å². The summed E-state index contributed by atoms with van der Waals surface area (Å²) in [5, 5.41) is 17.3. The topological polar surface area (TPSA) is 135 Å². The van der Waals surface area contributed by atoms with Gasteiger partial charge >= 0.3 is 11.9 Å². The van der Waals surface area contributed by atoms with Crippen molar-refractivity contribution in [1.29, 1.82) is 0 Å². The number of carboxylic acid groups (broad SMARTS) is 1. The molecule has 2 aliphatic rings. The summed E-state index contributed by atoms with van der Waals surface area (Å²) >= 11 is 2.58. The summed E-state index contributed by atoms with van der Waals surface area (Å²) in [6.07, 6.45) is 0. The first-order valence-corrected chi connectivity index (χ1v) is 10.9. The third-order valence-electron chi connectivity index (χ3n) is 4.24. The molecule has 0 aliphatic carbocycles. The number of rotatable bonds is 8. The fourth-order valence-corrected chi connectivity index (χ4v) is 4.96. The number of carbonyl (C=O) groups is 4. The predicted molar refractivity (Wildman–Crippen MR) is 109 cm³/mol. The third kappa shape index (κ3) is 4.33. The molecule has 1 saturated heterocycles. The molecule has 3 heterocycles. The monoisotopic (exact) mass is 453 g/mol. The second-order valence-corrected chi connectivity index (χ2v) is 8.29. The van der Waals surface area contributed by atoms with E-state index in [4.69, 9.17) is 9.57 Å². The molecule has 3 rings (SSSR count). The van der Waals surface area contributed by atoms with Gasteiger partial charge in [0.25, 0.3) is 11.8 Å². The number of thiophene rings is 1. The summed E-state index contributed by atoms with van der Waals surface area (Å²) in [5.41, 5.74) is 0.162. The zero-order chi connectivity index (χ0) is 21.8. The molecule has 2 amide bonds. The molecule has 0 unspecified atom stereocenters. The van der Waals surface area contributed by atoms with Crippen molar-refractivity contribution in [2.45, 2.75) is 25.3 Å². The van der Waals surface area contributed by atoms with Gasteiger partial charge in [-0.15, -0.1) is 23.1 Å². The van der Waals surface area contributed by atoms with Crippen molar-refractivity contribution >= 4 is 52.6 Å². The van der Waals surface area contributed by atoms with Crippen LogP contribution in [0.2, 0.25) is 0 Å². The van der Waals surface area contributed by atoms with E-state index in [-0.39, 0.29) is 30.4 Å². The highest BCUT2D eigenvalue weighted by Gasteiger charge is 2.54. The molecule has 1 fully saturated rings.